The van der Waals surface area contributed by atoms with Crippen molar-refractivity contribution < 1.29 is 21.8 Å². The maximum absolute atomic E-state index is 13.8. The summed E-state index contributed by atoms with van der Waals surface area (Å²) in [5.74, 6) is -0.553. The smallest absolute Gasteiger partial charge is 0.265 e. The number of rotatable bonds is 5. The van der Waals surface area contributed by atoms with Crippen LogP contribution in [0.4, 0.5) is 10.1 Å². The summed E-state index contributed by atoms with van der Waals surface area (Å²) in [6, 6.07) is 9.72. The summed E-state index contributed by atoms with van der Waals surface area (Å²) >= 11 is 0. The van der Waals surface area contributed by atoms with Gasteiger partial charge in [-0.25, -0.2) is 12.8 Å². The molecule has 0 radical (unpaired) electrons. The fourth-order valence-corrected chi connectivity index (χ4v) is 3.66. The Kier molecular flexibility index (Phi) is 4.82. The zero-order valence-electron chi connectivity index (χ0n) is 11.9. The number of sulfonamides is 1. The molecule has 0 saturated carbocycles. The van der Waals surface area contributed by atoms with Gasteiger partial charge in [0.15, 0.2) is 0 Å². The predicted molar refractivity (Wildman–Crippen MR) is 82.5 cm³/mol. The van der Waals surface area contributed by atoms with E-state index >= 15 is 0 Å². The molecular weight excluding hydrogens is 329 g/mol. The number of nitrogens with one attached hydrogen (secondary N) is 1. The van der Waals surface area contributed by atoms with Crippen LogP contribution in [-0.2, 0) is 20.8 Å². The number of anilines is 1. The molecule has 0 bridgehead atoms. The second-order valence-corrected chi connectivity index (χ2v) is 7.35. The fourth-order valence-electron chi connectivity index (χ4n) is 1.85. The molecule has 0 spiro atoms. The second kappa shape index (κ2) is 6.45. The van der Waals surface area contributed by atoms with Gasteiger partial charge >= 0.3 is 0 Å². The van der Waals surface area contributed by atoms with Gasteiger partial charge < -0.3 is 4.74 Å². The lowest BCUT2D eigenvalue weighted by molar-refractivity contribution is 0.403. The van der Waals surface area contributed by atoms with Gasteiger partial charge in [-0.05, 0) is 30.3 Å². The topological polar surface area (TPSA) is 72.5 Å². The zero-order valence-corrected chi connectivity index (χ0v) is 13.5. The molecule has 2 aromatic rings. The summed E-state index contributed by atoms with van der Waals surface area (Å²) in [6.45, 7) is 0. The molecule has 0 aliphatic rings. The van der Waals surface area contributed by atoms with Crippen molar-refractivity contribution in [3.05, 3.63) is 48.3 Å². The Morgan fingerprint density at radius 3 is 2.45 bits per heavy atom. The van der Waals surface area contributed by atoms with Crippen LogP contribution in [0, 0.1) is 5.82 Å². The van der Waals surface area contributed by atoms with Crippen molar-refractivity contribution in [3.8, 4) is 5.75 Å². The van der Waals surface area contributed by atoms with Gasteiger partial charge in [0.1, 0.15) is 16.5 Å². The van der Waals surface area contributed by atoms with Gasteiger partial charge in [-0.1, -0.05) is 12.1 Å². The standard InChI is InChI=1S/C14H14FNO4S2/c1-20-12-5-3-4-6-14(12)22(18,19)16-10-7-8-13(21(2)17)11(15)9-10/h3-9,16H,1-2H3/t21-/m1/s1. The van der Waals surface area contributed by atoms with Crippen LogP contribution in [0.5, 0.6) is 5.75 Å². The Hall–Kier alpha value is -1.93. The van der Waals surface area contributed by atoms with Crippen molar-refractivity contribution in [1.29, 1.82) is 0 Å². The minimum atomic E-state index is -3.92. The largest absolute Gasteiger partial charge is 0.495 e. The van der Waals surface area contributed by atoms with Crippen molar-refractivity contribution >= 4 is 26.5 Å². The Morgan fingerprint density at radius 2 is 1.86 bits per heavy atom. The SMILES string of the molecule is COc1ccccc1S(=O)(=O)Nc1ccc([S@@](C)=O)c(F)c1. The minimum Gasteiger partial charge on any atom is -0.495 e. The van der Waals surface area contributed by atoms with E-state index in [0.29, 0.717) is 0 Å². The molecule has 8 heteroatoms. The second-order valence-electron chi connectivity index (χ2n) is 4.36. The van der Waals surface area contributed by atoms with Gasteiger partial charge in [-0.15, -0.1) is 0 Å². The zero-order chi connectivity index (χ0) is 16.3. The highest BCUT2D eigenvalue weighted by molar-refractivity contribution is 7.92. The predicted octanol–water partition coefficient (Wildman–Crippen LogP) is 2.37. The summed E-state index contributed by atoms with van der Waals surface area (Å²) in [5.41, 5.74) is 0.0395. The molecule has 0 heterocycles. The molecule has 2 rings (SSSR count). The number of ether oxygens (including phenoxy) is 1. The number of benzene rings is 2. The van der Waals surface area contributed by atoms with E-state index in [1.54, 1.807) is 12.1 Å². The summed E-state index contributed by atoms with van der Waals surface area (Å²) in [6.07, 6.45) is 1.34. The minimum absolute atomic E-state index is 0.0141. The highest BCUT2D eigenvalue weighted by Gasteiger charge is 2.19. The van der Waals surface area contributed by atoms with Crippen molar-refractivity contribution in [2.24, 2.45) is 0 Å². The average Bonchev–Trinajstić information content (AvgIpc) is 2.46. The number of hydrogen-bond donors (Lipinski definition) is 1. The van der Waals surface area contributed by atoms with Crippen LogP contribution in [0.25, 0.3) is 0 Å². The van der Waals surface area contributed by atoms with Crippen molar-refractivity contribution in [1.82, 2.24) is 0 Å². The number of para-hydroxylation sites is 1. The highest BCUT2D eigenvalue weighted by Crippen LogP contribution is 2.26. The molecule has 0 saturated heterocycles. The third kappa shape index (κ3) is 3.45. The van der Waals surface area contributed by atoms with Gasteiger partial charge in [0.2, 0.25) is 0 Å². The van der Waals surface area contributed by atoms with Crippen LogP contribution >= 0.6 is 0 Å². The maximum atomic E-state index is 13.8. The normalized spacial score (nSPS) is 12.7. The molecule has 22 heavy (non-hydrogen) atoms. The van der Waals surface area contributed by atoms with E-state index in [0.717, 1.165) is 6.07 Å². The Morgan fingerprint density at radius 1 is 1.18 bits per heavy atom. The summed E-state index contributed by atoms with van der Waals surface area (Å²) in [7, 11) is -4.05. The molecule has 1 N–H and O–H groups in total. The Bertz CT molecular complexity index is 821. The molecule has 118 valence electrons. The van der Waals surface area contributed by atoms with Crippen LogP contribution in [0.15, 0.2) is 52.3 Å². The molecule has 0 amide bonds. The number of hydrogen-bond acceptors (Lipinski definition) is 4. The molecule has 0 unspecified atom stereocenters. The first kappa shape index (κ1) is 16.4. The molecule has 2 aromatic carbocycles. The first-order valence-electron chi connectivity index (χ1n) is 6.14. The van der Waals surface area contributed by atoms with Crippen molar-refractivity contribution in [3.63, 3.8) is 0 Å². The van der Waals surface area contributed by atoms with E-state index in [-0.39, 0.29) is 21.2 Å². The first-order chi connectivity index (χ1) is 10.3. The van der Waals surface area contributed by atoms with Crippen LogP contribution in [0.3, 0.4) is 0 Å². The summed E-state index contributed by atoms with van der Waals surface area (Å²) in [5, 5.41) is 0. The van der Waals surface area contributed by atoms with Crippen molar-refractivity contribution in [2.75, 3.05) is 18.1 Å². The fraction of sp³-hybridized carbons (Fsp3) is 0.143. The quantitative estimate of drug-likeness (QED) is 0.905. The monoisotopic (exact) mass is 343 g/mol. The van der Waals surface area contributed by atoms with E-state index < -0.39 is 26.6 Å². The molecule has 5 nitrogen and oxygen atoms in total. The van der Waals surface area contributed by atoms with E-state index in [2.05, 4.69) is 4.72 Å². The molecule has 0 aromatic heterocycles. The van der Waals surface area contributed by atoms with Gasteiger partial charge in [-0.2, -0.15) is 0 Å². The van der Waals surface area contributed by atoms with Crippen LogP contribution in [0.2, 0.25) is 0 Å². The average molecular weight is 343 g/mol. The summed E-state index contributed by atoms with van der Waals surface area (Å²) < 4.78 is 57.0. The van der Waals surface area contributed by atoms with Gasteiger partial charge in [-0.3, -0.25) is 8.93 Å². The van der Waals surface area contributed by atoms with Crippen LogP contribution in [-0.4, -0.2) is 26.0 Å². The van der Waals surface area contributed by atoms with Crippen LogP contribution in [0.1, 0.15) is 0 Å². The third-order valence-electron chi connectivity index (χ3n) is 2.85. The van der Waals surface area contributed by atoms with E-state index in [1.807, 2.05) is 0 Å². The van der Waals surface area contributed by atoms with E-state index in [4.69, 9.17) is 4.74 Å². The molecule has 0 aliphatic carbocycles. The third-order valence-corrected chi connectivity index (χ3v) is 5.22. The first-order valence-corrected chi connectivity index (χ1v) is 9.18. The maximum Gasteiger partial charge on any atom is 0.265 e. The van der Waals surface area contributed by atoms with E-state index in [1.165, 1.54) is 37.6 Å². The molecule has 0 fully saturated rings. The number of methoxy groups -OCH3 is 1. The van der Waals surface area contributed by atoms with Crippen molar-refractivity contribution in [2.45, 2.75) is 9.79 Å². The Labute approximate surface area is 130 Å². The highest BCUT2D eigenvalue weighted by atomic mass is 32.2. The van der Waals surface area contributed by atoms with Crippen LogP contribution < -0.4 is 9.46 Å². The lowest BCUT2D eigenvalue weighted by Gasteiger charge is -2.12. The van der Waals surface area contributed by atoms with Gasteiger partial charge in [0, 0.05) is 6.26 Å². The summed E-state index contributed by atoms with van der Waals surface area (Å²) in [4.78, 5) is -0.0405. The number of halogens is 1. The lowest BCUT2D eigenvalue weighted by atomic mass is 10.3. The Balaban J connectivity index is 2.37. The lowest BCUT2D eigenvalue weighted by Crippen LogP contribution is -2.14. The van der Waals surface area contributed by atoms with Gasteiger partial charge in [0.05, 0.1) is 28.5 Å². The molecule has 0 aliphatic heterocycles. The molecule has 1 atom stereocenters. The van der Waals surface area contributed by atoms with E-state index in [9.17, 15) is 17.0 Å². The van der Waals surface area contributed by atoms with Gasteiger partial charge in [0.25, 0.3) is 10.0 Å². The molecular formula is C14H14FNO4S2.